The van der Waals surface area contributed by atoms with Gasteiger partial charge in [0.05, 0.1) is 6.10 Å². The lowest BCUT2D eigenvalue weighted by Crippen LogP contribution is -2.32. The van der Waals surface area contributed by atoms with E-state index in [4.69, 9.17) is 4.65 Å². The first-order valence-corrected chi connectivity index (χ1v) is 8.55. The van der Waals surface area contributed by atoms with Crippen LogP contribution in [-0.4, -0.2) is 23.4 Å². The van der Waals surface area contributed by atoms with Crippen LogP contribution in [0.25, 0.3) is 6.08 Å². The van der Waals surface area contributed by atoms with E-state index in [0.717, 1.165) is 29.6 Å². The molecule has 0 radical (unpaired) electrons. The maximum Gasteiger partial charge on any atom is 0.458 e. The van der Waals surface area contributed by atoms with Gasteiger partial charge in [-0.1, -0.05) is 50.3 Å². The van der Waals surface area contributed by atoms with Gasteiger partial charge in [-0.25, -0.2) is 0 Å². The highest BCUT2D eigenvalue weighted by Gasteiger charge is 2.28. The molecule has 0 saturated heterocycles. The molecule has 1 aromatic carbocycles. The van der Waals surface area contributed by atoms with E-state index in [1.54, 1.807) is 12.1 Å². The van der Waals surface area contributed by atoms with Crippen molar-refractivity contribution in [3.63, 3.8) is 0 Å². The molecule has 2 N–H and O–H groups in total. The minimum absolute atomic E-state index is 0.105. The SMILES string of the molecule is C=C(C1=CCB(O)OC1CC/C(C)=C/c1ccc(O)cc1)C(C)C. The average molecular weight is 326 g/mol. The Balaban J connectivity index is 2.02. The number of rotatable bonds is 6. The molecule has 0 amide bonds. The van der Waals surface area contributed by atoms with E-state index in [9.17, 15) is 10.1 Å². The highest BCUT2D eigenvalue weighted by atomic mass is 16.5. The Morgan fingerprint density at radius 1 is 1.38 bits per heavy atom. The number of phenolic OH excluding ortho intramolecular Hbond substituents is 1. The van der Waals surface area contributed by atoms with Gasteiger partial charge >= 0.3 is 7.12 Å². The average Bonchev–Trinajstić information content (AvgIpc) is 2.54. The molecule has 4 heteroatoms. The highest BCUT2D eigenvalue weighted by molar-refractivity contribution is 6.43. The highest BCUT2D eigenvalue weighted by Crippen LogP contribution is 2.30. The zero-order valence-corrected chi connectivity index (χ0v) is 14.8. The molecule has 0 aliphatic carbocycles. The molecule has 1 unspecified atom stereocenters. The third-order valence-corrected chi connectivity index (χ3v) is 4.38. The van der Waals surface area contributed by atoms with Crippen molar-refractivity contribution in [2.24, 2.45) is 5.92 Å². The largest absolute Gasteiger partial charge is 0.508 e. The van der Waals surface area contributed by atoms with E-state index >= 15 is 0 Å². The predicted octanol–water partition coefficient (Wildman–Crippen LogP) is 4.59. The van der Waals surface area contributed by atoms with Crippen LogP contribution in [0.1, 0.15) is 39.2 Å². The van der Waals surface area contributed by atoms with Gasteiger partial charge in [-0.2, -0.15) is 0 Å². The number of phenols is 1. The van der Waals surface area contributed by atoms with Crippen molar-refractivity contribution in [3.05, 3.63) is 59.2 Å². The van der Waals surface area contributed by atoms with Gasteiger partial charge in [0.25, 0.3) is 0 Å². The van der Waals surface area contributed by atoms with Gasteiger partial charge < -0.3 is 14.8 Å². The van der Waals surface area contributed by atoms with Gasteiger partial charge in [0.1, 0.15) is 5.75 Å². The van der Waals surface area contributed by atoms with Gasteiger partial charge in [0.15, 0.2) is 0 Å². The Labute approximate surface area is 145 Å². The molecular weight excluding hydrogens is 299 g/mol. The molecule has 0 spiro atoms. The minimum Gasteiger partial charge on any atom is -0.508 e. The molecule has 24 heavy (non-hydrogen) atoms. The molecule has 2 rings (SSSR count). The summed E-state index contributed by atoms with van der Waals surface area (Å²) in [5.74, 6) is 0.641. The van der Waals surface area contributed by atoms with Crippen LogP contribution in [0.4, 0.5) is 0 Å². The molecule has 1 aliphatic rings. The van der Waals surface area contributed by atoms with Crippen molar-refractivity contribution in [2.75, 3.05) is 0 Å². The summed E-state index contributed by atoms with van der Waals surface area (Å²) in [7, 11) is -0.722. The van der Waals surface area contributed by atoms with Crippen molar-refractivity contribution < 1.29 is 14.8 Å². The van der Waals surface area contributed by atoms with Crippen LogP contribution in [-0.2, 0) is 4.65 Å². The van der Waals surface area contributed by atoms with E-state index in [1.165, 1.54) is 5.57 Å². The quantitative estimate of drug-likeness (QED) is 0.752. The lowest BCUT2D eigenvalue weighted by molar-refractivity contribution is 0.182. The van der Waals surface area contributed by atoms with Crippen LogP contribution < -0.4 is 0 Å². The fourth-order valence-corrected chi connectivity index (χ4v) is 2.86. The Morgan fingerprint density at radius 2 is 2.04 bits per heavy atom. The van der Waals surface area contributed by atoms with Crippen LogP contribution in [0, 0.1) is 5.92 Å². The molecule has 0 saturated carbocycles. The topological polar surface area (TPSA) is 49.7 Å². The van der Waals surface area contributed by atoms with Crippen molar-refractivity contribution in [1.82, 2.24) is 0 Å². The Morgan fingerprint density at radius 3 is 2.67 bits per heavy atom. The summed E-state index contributed by atoms with van der Waals surface area (Å²) in [6.07, 6.45) is 6.29. The van der Waals surface area contributed by atoms with Crippen LogP contribution in [0.3, 0.4) is 0 Å². The fourth-order valence-electron chi connectivity index (χ4n) is 2.86. The second kappa shape index (κ2) is 8.36. The molecule has 0 bridgehead atoms. The van der Waals surface area contributed by atoms with E-state index in [1.807, 2.05) is 12.1 Å². The summed E-state index contributed by atoms with van der Waals surface area (Å²) in [6, 6.07) is 7.16. The minimum atomic E-state index is -0.722. The molecule has 1 aliphatic heterocycles. The van der Waals surface area contributed by atoms with Crippen LogP contribution in [0.5, 0.6) is 5.75 Å². The second-order valence-corrected chi connectivity index (χ2v) is 6.78. The van der Waals surface area contributed by atoms with Gasteiger partial charge in [-0.3, -0.25) is 0 Å². The Hall–Kier alpha value is -1.78. The van der Waals surface area contributed by atoms with Crippen LogP contribution in [0.2, 0.25) is 6.32 Å². The first-order valence-electron chi connectivity index (χ1n) is 8.55. The Kier molecular flexibility index (Phi) is 6.47. The van der Waals surface area contributed by atoms with Gasteiger partial charge in [0, 0.05) is 6.32 Å². The smallest absolute Gasteiger partial charge is 0.458 e. The molecule has 3 nitrogen and oxygen atoms in total. The van der Waals surface area contributed by atoms with Crippen LogP contribution in [0.15, 0.2) is 53.6 Å². The van der Waals surface area contributed by atoms with E-state index < -0.39 is 7.12 Å². The normalized spacial score (nSPS) is 18.7. The third-order valence-electron chi connectivity index (χ3n) is 4.38. The molecule has 128 valence electrons. The van der Waals surface area contributed by atoms with Crippen molar-refractivity contribution in [2.45, 2.75) is 46.0 Å². The Bertz CT molecular complexity index is 629. The zero-order valence-electron chi connectivity index (χ0n) is 14.8. The first-order chi connectivity index (χ1) is 11.4. The van der Waals surface area contributed by atoms with Crippen molar-refractivity contribution >= 4 is 13.2 Å². The molecule has 1 aromatic rings. The summed E-state index contributed by atoms with van der Waals surface area (Å²) in [4.78, 5) is 0. The van der Waals surface area contributed by atoms with E-state index in [2.05, 4.69) is 39.5 Å². The molecule has 1 atom stereocenters. The maximum absolute atomic E-state index is 9.81. The molecular formula is C20H27BO3. The third kappa shape index (κ3) is 5.12. The molecule has 0 fully saturated rings. The lowest BCUT2D eigenvalue weighted by atomic mass is 9.76. The van der Waals surface area contributed by atoms with Gasteiger partial charge in [-0.05, 0) is 54.5 Å². The lowest BCUT2D eigenvalue weighted by Gasteiger charge is -2.29. The molecule has 0 aromatic heterocycles. The predicted molar refractivity (Wildman–Crippen MR) is 101 cm³/mol. The number of benzene rings is 1. The van der Waals surface area contributed by atoms with E-state index in [0.29, 0.717) is 12.2 Å². The summed E-state index contributed by atoms with van der Waals surface area (Å²) in [5.41, 5.74) is 4.52. The van der Waals surface area contributed by atoms with Crippen molar-refractivity contribution in [3.8, 4) is 5.75 Å². The fraction of sp³-hybridized carbons (Fsp3) is 0.400. The monoisotopic (exact) mass is 326 g/mol. The second-order valence-electron chi connectivity index (χ2n) is 6.78. The number of hydrogen-bond donors (Lipinski definition) is 2. The van der Waals surface area contributed by atoms with Crippen LogP contribution >= 0.6 is 0 Å². The first kappa shape index (κ1) is 18.6. The maximum atomic E-state index is 9.81. The van der Waals surface area contributed by atoms with E-state index in [-0.39, 0.29) is 11.9 Å². The summed E-state index contributed by atoms with van der Waals surface area (Å²) >= 11 is 0. The zero-order chi connectivity index (χ0) is 17.7. The standard InChI is InChI=1S/C20H27BO3/c1-14(2)16(4)19-11-12-21(23)24-20(19)10-5-15(3)13-17-6-8-18(22)9-7-17/h6-9,11,13-14,20,22-23H,4-5,10,12H2,1-3H3/b15-13+. The summed E-state index contributed by atoms with van der Waals surface area (Å²) in [5, 5.41) is 19.1. The molecule has 1 heterocycles. The number of allylic oxidation sites excluding steroid dienone is 2. The number of aromatic hydroxyl groups is 1. The summed E-state index contributed by atoms with van der Waals surface area (Å²) in [6.45, 7) is 10.5. The van der Waals surface area contributed by atoms with Gasteiger partial charge in [-0.15, -0.1) is 0 Å². The van der Waals surface area contributed by atoms with Crippen molar-refractivity contribution in [1.29, 1.82) is 0 Å². The summed E-state index contributed by atoms with van der Waals surface area (Å²) < 4.78 is 5.75. The number of hydrogen-bond acceptors (Lipinski definition) is 3. The van der Waals surface area contributed by atoms with Gasteiger partial charge in [0.2, 0.25) is 0 Å².